The predicted molar refractivity (Wildman–Crippen MR) is 85.1 cm³/mol. The standard InChI is InChI=1S/C14H15BrN2O3S/c15-12-7-6-11(16)8-14(12)21(19,20)17-13(9-18)10-4-2-1-3-5-10/h1-8,13,17-18H,9,16H2/t13-/m1/s1. The molecule has 0 aromatic heterocycles. The molecule has 0 aliphatic carbocycles. The molecular formula is C14H15BrN2O3S. The number of hydrogen-bond acceptors (Lipinski definition) is 4. The lowest BCUT2D eigenvalue weighted by Crippen LogP contribution is -2.31. The Morgan fingerprint density at radius 2 is 1.86 bits per heavy atom. The summed E-state index contributed by atoms with van der Waals surface area (Å²) in [6.07, 6.45) is 0. The van der Waals surface area contributed by atoms with Gasteiger partial charge in [0, 0.05) is 10.2 Å². The molecule has 0 aliphatic heterocycles. The molecule has 4 N–H and O–H groups in total. The van der Waals surface area contributed by atoms with E-state index >= 15 is 0 Å². The number of benzene rings is 2. The average molecular weight is 371 g/mol. The molecule has 0 fully saturated rings. The smallest absolute Gasteiger partial charge is 0.242 e. The van der Waals surface area contributed by atoms with Crippen LogP contribution in [0.25, 0.3) is 0 Å². The van der Waals surface area contributed by atoms with Crippen molar-refractivity contribution in [3.05, 3.63) is 58.6 Å². The number of nitrogen functional groups attached to an aromatic ring is 1. The summed E-state index contributed by atoms with van der Waals surface area (Å²) in [4.78, 5) is 0.0388. The Balaban J connectivity index is 2.34. The van der Waals surface area contributed by atoms with Crippen LogP contribution in [0.4, 0.5) is 5.69 Å². The van der Waals surface area contributed by atoms with Crippen LogP contribution in [0.5, 0.6) is 0 Å². The number of anilines is 1. The first kappa shape index (κ1) is 16.0. The zero-order valence-electron chi connectivity index (χ0n) is 11.0. The van der Waals surface area contributed by atoms with Crippen molar-refractivity contribution >= 4 is 31.6 Å². The van der Waals surface area contributed by atoms with Crippen molar-refractivity contribution < 1.29 is 13.5 Å². The summed E-state index contributed by atoms with van der Waals surface area (Å²) in [5, 5.41) is 9.45. The van der Waals surface area contributed by atoms with E-state index in [1.807, 2.05) is 6.07 Å². The van der Waals surface area contributed by atoms with Crippen LogP contribution in [0, 0.1) is 0 Å². The van der Waals surface area contributed by atoms with E-state index in [0.29, 0.717) is 15.7 Å². The van der Waals surface area contributed by atoms with Crippen molar-refractivity contribution in [3.63, 3.8) is 0 Å². The van der Waals surface area contributed by atoms with Gasteiger partial charge in [-0.1, -0.05) is 30.3 Å². The summed E-state index contributed by atoms with van der Waals surface area (Å²) in [7, 11) is -3.81. The first-order chi connectivity index (χ1) is 9.94. The molecule has 0 amide bonds. The number of halogens is 1. The third kappa shape index (κ3) is 3.82. The summed E-state index contributed by atoms with van der Waals surface area (Å²) in [6, 6.07) is 12.7. The molecule has 0 heterocycles. The Bertz CT molecular complexity index is 720. The first-order valence-electron chi connectivity index (χ1n) is 6.17. The van der Waals surface area contributed by atoms with Gasteiger partial charge in [0.2, 0.25) is 10.0 Å². The van der Waals surface area contributed by atoms with Crippen molar-refractivity contribution in [3.8, 4) is 0 Å². The van der Waals surface area contributed by atoms with Crippen molar-refractivity contribution in [2.24, 2.45) is 0 Å². The minimum Gasteiger partial charge on any atom is -0.399 e. The van der Waals surface area contributed by atoms with Gasteiger partial charge in [-0.2, -0.15) is 0 Å². The third-order valence-corrected chi connectivity index (χ3v) is 5.39. The van der Waals surface area contributed by atoms with Crippen molar-refractivity contribution in [1.29, 1.82) is 0 Å². The zero-order chi connectivity index (χ0) is 15.5. The molecule has 0 aliphatic rings. The number of hydrogen-bond donors (Lipinski definition) is 3. The average Bonchev–Trinajstić information content (AvgIpc) is 2.48. The highest BCUT2D eigenvalue weighted by atomic mass is 79.9. The van der Waals surface area contributed by atoms with E-state index in [4.69, 9.17) is 5.73 Å². The lowest BCUT2D eigenvalue weighted by atomic mass is 10.1. The number of rotatable bonds is 5. The summed E-state index contributed by atoms with van der Waals surface area (Å²) >= 11 is 3.20. The highest BCUT2D eigenvalue weighted by Crippen LogP contribution is 2.25. The molecule has 2 rings (SSSR count). The van der Waals surface area contributed by atoms with Gasteiger partial charge in [0.1, 0.15) is 0 Å². The molecule has 0 unspecified atom stereocenters. The van der Waals surface area contributed by atoms with Crippen LogP contribution in [0.1, 0.15) is 11.6 Å². The Kier molecular flexibility index (Phi) is 5.00. The molecular weight excluding hydrogens is 356 g/mol. The summed E-state index contributed by atoms with van der Waals surface area (Å²) in [5.74, 6) is 0. The van der Waals surface area contributed by atoms with E-state index < -0.39 is 16.1 Å². The maximum absolute atomic E-state index is 12.4. The Labute approximate surface area is 132 Å². The van der Waals surface area contributed by atoms with E-state index in [1.54, 1.807) is 36.4 Å². The van der Waals surface area contributed by atoms with Crippen LogP contribution in [0.15, 0.2) is 57.9 Å². The Hall–Kier alpha value is -1.41. The molecule has 0 bridgehead atoms. The second kappa shape index (κ2) is 6.57. The van der Waals surface area contributed by atoms with Gasteiger partial charge in [-0.05, 0) is 39.7 Å². The van der Waals surface area contributed by atoms with E-state index in [2.05, 4.69) is 20.7 Å². The molecule has 0 saturated carbocycles. The number of nitrogens with two attached hydrogens (primary N) is 1. The lowest BCUT2D eigenvalue weighted by Gasteiger charge is -2.17. The van der Waals surface area contributed by atoms with Gasteiger partial charge in [0.05, 0.1) is 17.5 Å². The minimum atomic E-state index is -3.81. The minimum absolute atomic E-state index is 0.0388. The van der Waals surface area contributed by atoms with Gasteiger partial charge in [0.25, 0.3) is 0 Å². The zero-order valence-corrected chi connectivity index (χ0v) is 13.4. The fourth-order valence-corrected chi connectivity index (χ4v) is 4.09. The van der Waals surface area contributed by atoms with Crippen molar-refractivity contribution in [1.82, 2.24) is 4.72 Å². The fourth-order valence-electron chi connectivity index (χ4n) is 1.87. The predicted octanol–water partition coefficient (Wildman–Crippen LogP) is 2.04. The van der Waals surface area contributed by atoms with E-state index in [9.17, 15) is 13.5 Å². The monoisotopic (exact) mass is 370 g/mol. The maximum Gasteiger partial charge on any atom is 0.242 e. The molecule has 112 valence electrons. The van der Waals surface area contributed by atoms with E-state index in [0.717, 1.165) is 0 Å². The second-order valence-corrected chi connectivity index (χ2v) is 6.99. The van der Waals surface area contributed by atoms with E-state index in [-0.39, 0.29) is 11.5 Å². The SMILES string of the molecule is Nc1ccc(Br)c(S(=O)(=O)N[C@H](CO)c2ccccc2)c1. The maximum atomic E-state index is 12.4. The van der Waals surface area contributed by atoms with Gasteiger partial charge in [-0.25, -0.2) is 13.1 Å². The number of aliphatic hydroxyl groups excluding tert-OH is 1. The van der Waals surface area contributed by atoms with Crippen molar-refractivity contribution in [2.75, 3.05) is 12.3 Å². The number of nitrogens with one attached hydrogen (secondary N) is 1. The van der Waals surface area contributed by atoms with Crippen LogP contribution < -0.4 is 10.5 Å². The van der Waals surface area contributed by atoms with Gasteiger partial charge >= 0.3 is 0 Å². The highest BCUT2D eigenvalue weighted by molar-refractivity contribution is 9.10. The molecule has 2 aromatic carbocycles. The summed E-state index contributed by atoms with van der Waals surface area (Å²) in [5.41, 5.74) is 6.67. The summed E-state index contributed by atoms with van der Waals surface area (Å²) < 4.78 is 27.8. The molecule has 0 spiro atoms. The van der Waals surface area contributed by atoms with Gasteiger partial charge in [-0.15, -0.1) is 0 Å². The molecule has 21 heavy (non-hydrogen) atoms. The van der Waals surface area contributed by atoms with E-state index in [1.165, 1.54) is 6.07 Å². The third-order valence-electron chi connectivity index (χ3n) is 2.93. The van der Waals surface area contributed by atoms with Crippen LogP contribution >= 0.6 is 15.9 Å². The van der Waals surface area contributed by atoms with Crippen LogP contribution in [-0.2, 0) is 10.0 Å². The summed E-state index contributed by atoms with van der Waals surface area (Å²) in [6.45, 7) is -0.344. The Morgan fingerprint density at radius 3 is 2.48 bits per heavy atom. The number of sulfonamides is 1. The quantitative estimate of drug-likeness (QED) is 0.702. The van der Waals surface area contributed by atoms with Gasteiger partial charge in [0.15, 0.2) is 0 Å². The van der Waals surface area contributed by atoms with Gasteiger partial charge < -0.3 is 10.8 Å². The molecule has 0 radical (unpaired) electrons. The van der Waals surface area contributed by atoms with Crippen LogP contribution in [0.3, 0.4) is 0 Å². The first-order valence-corrected chi connectivity index (χ1v) is 8.45. The van der Waals surface area contributed by atoms with Crippen LogP contribution in [-0.4, -0.2) is 20.1 Å². The van der Waals surface area contributed by atoms with Gasteiger partial charge in [-0.3, -0.25) is 0 Å². The molecule has 2 aromatic rings. The molecule has 0 saturated heterocycles. The van der Waals surface area contributed by atoms with Crippen molar-refractivity contribution in [2.45, 2.75) is 10.9 Å². The molecule has 5 nitrogen and oxygen atoms in total. The van der Waals surface area contributed by atoms with Crippen LogP contribution in [0.2, 0.25) is 0 Å². The fraction of sp³-hybridized carbons (Fsp3) is 0.143. The largest absolute Gasteiger partial charge is 0.399 e. The lowest BCUT2D eigenvalue weighted by molar-refractivity contribution is 0.259. The number of aliphatic hydroxyl groups is 1. The molecule has 1 atom stereocenters. The normalized spacial score (nSPS) is 13.0. The second-order valence-electron chi connectivity index (χ2n) is 4.46. The molecule has 7 heteroatoms. The topological polar surface area (TPSA) is 92.4 Å². The highest BCUT2D eigenvalue weighted by Gasteiger charge is 2.23. The Morgan fingerprint density at radius 1 is 1.19 bits per heavy atom.